The highest BCUT2D eigenvalue weighted by molar-refractivity contribution is 5.79. The van der Waals surface area contributed by atoms with Crippen LogP contribution in [0, 0.1) is 0 Å². The summed E-state index contributed by atoms with van der Waals surface area (Å²) in [4.78, 5) is 0. The summed E-state index contributed by atoms with van der Waals surface area (Å²) >= 11 is 0. The average molecular weight is 160 g/mol. The van der Waals surface area contributed by atoms with E-state index in [9.17, 15) is 5.26 Å². The molecule has 1 N–H and O–H groups in total. The van der Waals surface area contributed by atoms with Crippen molar-refractivity contribution in [2.45, 2.75) is 19.4 Å². The van der Waals surface area contributed by atoms with Crippen LogP contribution >= 0.6 is 0 Å². The Morgan fingerprint density at radius 1 is 1.91 bits per heavy atom. The molecule has 0 aliphatic carbocycles. The van der Waals surface area contributed by atoms with Crippen molar-refractivity contribution in [3.8, 4) is 0 Å². The van der Waals surface area contributed by atoms with Gasteiger partial charge < -0.3 is 15.1 Å². The molecule has 0 bridgehead atoms. The topological polar surface area (TPSA) is 67.1 Å². The Kier molecular flexibility index (Phi) is 3.60. The van der Waals surface area contributed by atoms with Gasteiger partial charge in [0.1, 0.15) is 0 Å². The van der Waals surface area contributed by atoms with Crippen LogP contribution in [-0.2, 0) is 9.31 Å². The molecule has 0 spiro atoms. The summed E-state index contributed by atoms with van der Waals surface area (Å²) in [5.41, 5.74) is -0.804. The molecule has 64 valence electrons. The highest BCUT2D eigenvalue weighted by atomic mass is 17.1. The number of aliphatic carboxylic acids is 1. The van der Waals surface area contributed by atoms with Crippen molar-refractivity contribution in [1.82, 2.24) is 0 Å². The smallest absolute Gasteiger partial charge is 0.530 e. The van der Waals surface area contributed by atoms with E-state index in [-0.39, 0.29) is 0 Å². The van der Waals surface area contributed by atoms with E-state index in [1.54, 1.807) is 13.0 Å². The van der Waals surface area contributed by atoms with Gasteiger partial charge in [0.05, 0.1) is 6.61 Å². The summed E-state index contributed by atoms with van der Waals surface area (Å²) in [5, 5.41) is 18.0. The summed E-state index contributed by atoms with van der Waals surface area (Å²) in [6, 6.07) is 0. The predicted octanol–water partition coefficient (Wildman–Crippen LogP) is -0.137. The molecule has 11 heavy (non-hydrogen) atoms. The van der Waals surface area contributed by atoms with Crippen molar-refractivity contribution in [3.05, 3.63) is 12.7 Å². The molecule has 4 nitrogen and oxygen atoms in total. The van der Waals surface area contributed by atoms with Crippen LogP contribution < -0.4 is 5.26 Å². The lowest BCUT2D eigenvalue weighted by Gasteiger charge is -1.88. The molecular formula is C7H12O4. The first kappa shape index (κ1) is 9.97. The number of ether oxygens (including phenoxy) is 1. The zero-order chi connectivity index (χ0) is 8.91. The molecule has 1 fully saturated rings. The molecule has 1 unspecified atom stereocenters. The average Bonchev–Trinajstić information content (AvgIpc) is 2.70. The number of hydrogen-bond donors (Lipinski definition) is 1. The van der Waals surface area contributed by atoms with Crippen LogP contribution in [0.25, 0.3) is 0 Å². The first-order chi connectivity index (χ1) is 5.10. The Labute approximate surface area is 65.4 Å². The Morgan fingerprint density at radius 2 is 2.27 bits per heavy atom. The van der Waals surface area contributed by atoms with Crippen LogP contribution in [0.15, 0.2) is 12.7 Å². The third kappa shape index (κ3) is 3.04. The molecule has 1 aliphatic rings. The lowest BCUT2D eigenvalue weighted by atomic mass is 10.2. The standard InChI is InChI=1S/C4H6O4.C3H6/c1-4(2-7-4)3(5)8-6;1-3-2/h5H,2H2,1H3;3H,1H2,2H3. The van der Waals surface area contributed by atoms with Crippen molar-refractivity contribution in [2.24, 2.45) is 0 Å². The molecule has 1 saturated heterocycles. The molecule has 0 saturated carbocycles. The maximum absolute atomic E-state index is 9.45. The van der Waals surface area contributed by atoms with Gasteiger partial charge in [-0.05, 0) is 13.8 Å². The molecule has 0 radical (unpaired) electrons. The minimum atomic E-state index is -0.804. The number of allylic oxidation sites excluding steroid dienone is 1. The minimum Gasteiger partial charge on any atom is -0.588 e. The van der Waals surface area contributed by atoms with E-state index in [2.05, 4.69) is 15.9 Å². The predicted molar refractivity (Wildman–Crippen MR) is 37.9 cm³/mol. The van der Waals surface area contributed by atoms with Gasteiger partial charge >= 0.3 is 5.97 Å². The largest absolute Gasteiger partial charge is 0.588 e. The van der Waals surface area contributed by atoms with Gasteiger partial charge in [0.15, 0.2) is 0 Å². The molecule has 1 rings (SSSR count). The number of carboxylic acids is 1. The SMILES string of the molecule is C=CC.CC1(C(O)=[O+][O-])CO1. The minimum absolute atomic E-state index is 0.362. The quantitative estimate of drug-likeness (QED) is 0.191. The van der Waals surface area contributed by atoms with Gasteiger partial charge in [-0.25, -0.2) is 0 Å². The van der Waals surface area contributed by atoms with E-state index in [1.807, 2.05) is 6.92 Å². The van der Waals surface area contributed by atoms with Gasteiger partial charge in [-0.1, -0.05) is 6.08 Å². The second-order valence-electron chi connectivity index (χ2n) is 2.32. The molecule has 4 heteroatoms. The van der Waals surface area contributed by atoms with Gasteiger partial charge in [0, 0.05) is 0 Å². The lowest BCUT2D eigenvalue weighted by molar-refractivity contribution is -1.05. The van der Waals surface area contributed by atoms with Crippen molar-refractivity contribution < 1.29 is 19.7 Å². The van der Waals surface area contributed by atoms with Crippen molar-refractivity contribution in [3.63, 3.8) is 0 Å². The zero-order valence-electron chi connectivity index (χ0n) is 6.66. The first-order valence-electron chi connectivity index (χ1n) is 3.18. The van der Waals surface area contributed by atoms with Gasteiger partial charge in [0.25, 0.3) is 0 Å². The molecular weight excluding hydrogens is 148 g/mol. The van der Waals surface area contributed by atoms with Crippen molar-refractivity contribution in [2.75, 3.05) is 6.61 Å². The van der Waals surface area contributed by atoms with Crippen LogP contribution in [0.3, 0.4) is 0 Å². The third-order valence-electron chi connectivity index (χ3n) is 1.11. The fraction of sp³-hybridized carbons (Fsp3) is 0.571. The molecule has 1 heterocycles. The van der Waals surface area contributed by atoms with E-state index >= 15 is 0 Å². The Bertz CT molecular complexity index is 158. The monoisotopic (exact) mass is 160 g/mol. The van der Waals surface area contributed by atoms with Crippen molar-refractivity contribution >= 4 is 5.97 Å². The molecule has 0 aromatic carbocycles. The van der Waals surface area contributed by atoms with E-state index in [4.69, 9.17) is 5.11 Å². The first-order valence-corrected chi connectivity index (χ1v) is 3.18. The third-order valence-corrected chi connectivity index (χ3v) is 1.11. The van der Waals surface area contributed by atoms with Gasteiger partial charge in [0.2, 0.25) is 5.60 Å². The summed E-state index contributed by atoms with van der Waals surface area (Å²) in [6.45, 7) is 7.18. The zero-order valence-corrected chi connectivity index (χ0v) is 6.66. The van der Waals surface area contributed by atoms with E-state index < -0.39 is 11.6 Å². The number of hydrogen-bond acceptors (Lipinski definition) is 2. The van der Waals surface area contributed by atoms with Crippen LogP contribution in [0.4, 0.5) is 0 Å². The maximum Gasteiger partial charge on any atom is 0.530 e. The normalized spacial score (nSPS) is 28.4. The Balaban J connectivity index is 0.000000292. The summed E-state index contributed by atoms with van der Waals surface area (Å²) < 4.78 is 7.91. The van der Waals surface area contributed by atoms with Crippen molar-refractivity contribution in [1.29, 1.82) is 0 Å². The number of rotatable bonds is 1. The second-order valence-corrected chi connectivity index (χ2v) is 2.32. The van der Waals surface area contributed by atoms with Gasteiger partial charge in [-0.15, -0.1) is 6.58 Å². The molecule has 0 aromatic heterocycles. The fourth-order valence-corrected chi connectivity index (χ4v) is 0.320. The molecule has 0 aromatic rings. The van der Waals surface area contributed by atoms with E-state index in [0.29, 0.717) is 6.61 Å². The fourth-order valence-electron chi connectivity index (χ4n) is 0.320. The molecule has 0 amide bonds. The highest BCUT2D eigenvalue weighted by Crippen LogP contribution is 2.25. The summed E-state index contributed by atoms with van der Waals surface area (Å²) in [7, 11) is 0. The summed E-state index contributed by atoms with van der Waals surface area (Å²) in [6.07, 6.45) is 1.75. The number of carboxylic acid groups (broad SMARTS) is 1. The highest BCUT2D eigenvalue weighted by Gasteiger charge is 2.54. The molecule has 1 atom stereocenters. The van der Waals surface area contributed by atoms with Crippen LogP contribution in [-0.4, -0.2) is 23.3 Å². The van der Waals surface area contributed by atoms with E-state index in [1.165, 1.54) is 0 Å². The van der Waals surface area contributed by atoms with Crippen LogP contribution in [0.1, 0.15) is 13.8 Å². The summed E-state index contributed by atoms with van der Waals surface area (Å²) in [5.74, 6) is -0.586. The van der Waals surface area contributed by atoms with Gasteiger partial charge in [-0.3, -0.25) is 4.58 Å². The van der Waals surface area contributed by atoms with Crippen LogP contribution in [0.2, 0.25) is 0 Å². The number of aliphatic hydroxyl groups excluding tert-OH is 1. The second kappa shape index (κ2) is 3.98. The lowest BCUT2D eigenvalue weighted by Crippen LogP contribution is -2.25. The van der Waals surface area contributed by atoms with Crippen LogP contribution in [0.5, 0.6) is 0 Å². The Morgan fingerprint density at radius 3 is 2.36 bits per heavy atom. The Hall–Kier alpha value is -1.03. The van der Waals surface area contributed by atoms with Gasteiger partial charge in [-0.2, -0.15) is 0 Å². The maximum atomic E-state index is 9.45. The van der Waals surface area contributed by atoms with E-state index in [0.717, 1.165) is 0 Å². The number of epoxide rings is 1. The molecule has 1 aliphatic heterocycles.